The highest BCUT2D eigenvalue weighted by Crippen LogP contribution is 2.15. The SMILES string of the molecule is C1CCSC1.CC(C)SC(C)C. The van der Waals surface area contributed by atoms with E-state index in [-0.39, 0.29) is 0 Å². The molecule has 12 heavy (non-hydrogen) atoms. The zero-order chi connectivity index (χ0) is 9.40. The minimum atomic E-state index is 0.792. The average molecular weight is 206 g/mol. The van der Waals surface area contributed by atoms with E-state index in [9.17, 15) is 0 Å². The molecule has 0 aliphatic carbocycles. The van der Waals surface area contributed by atoms with Gasteiger partial charge in [0.05, 0.1) is 0 Å². The van der Waals surface area contributed by atoms with Gasteiger partial charge in [0.15, 0.2) is 0 Å². The molecule has 1 aliphatic rings. The fourth-order valence-electron chi connectivity index (χ4n) is 1.05. The number of hydrogen-bond donors (Lipinski definition) is 0. The van der Waals surface area contributed by atoms with Crippen LogP contribution >= 0.6 is 23.5 Å². The Morgan fingerprint density at radius 3 is 1.42 bits per heavy atom. The Kier molecular flexibility index (Phi) is 8.79. The van der Waals surface area contributed by atoms with Gasteiger partial charge in [-0.05, 0) is 34.8 Å². The van der Waals surface area contributed by atoms with Gasteiger partial charge in [0.2, 0.25) is 0 Å². The number of rotatable bonds is 2. The smallest absolute Gasteiger partial charge is 0.000711 e. The summed E-state index contributed by atoms with van der Waals surface area (Å²) in [6, 6.07) is 0. The standard InChI is InChI=1S/C6H14S.C4H8S/c1-5(2)7-6(3)4;1-2-4-5-3-1/h5-6H,1-4H3;1-4H2. The van der Waals surface area contributed by atoms with Gasteiger partial charge < -0.3 is 0 Å². The predicted octanol–water partition coefficient (Wildman–Crippen LogP) is 4.05. The zero-order valence-electron chi connectivity index (χ0n) is 8.80. The van der Waals surface area contributed by atoms with Crippen LogP contribution in [0.15, 0.2) is 0 Å². The van der Waals surface area contributed by atoms with Crippen LogP contribution in [0, 0.1) is 0 Å². The van der Waals surface area contributed by atoms with Crippen LogP contribution in [0.2, 0.25) is 0 Å². The second-order valence-corrected chi connectivity index (χ2v) is 6.94. The Bertz CT molecular complexity index is 72.2. The summed E-state index contributed by atoms with van der Waals surface area (Å²) in [7, 11) is 0. The van der Waals surface area contributed by atoms with E-state index in [1.54, 1.807) is 0 Å². The first-order chi connectivity index (χ1) is 5.63. The van der Waals surface area contributed by atoms with Gasteiger partial charge in [0, 0.05) is 0 Å². The van der Waals surface area contributed by atoms with Crippen molar-refractivity contribution in [3.05, 3.63) is 0 Å². The topological polar surface area (TPSA) is 0 Å². The molecular formula is C10H22S2. The van der Waals surface area contributed by atoms with Gasteiger partial charge in [-0.25, -0.2) is 0 Å². The third-order valence-electron chi connectivity index (χ3n) is 1.37. The zero-order valence-corrected chi connectivity index (χ0v) is 10.4. The van der Waals surface area contributed by atoms with Crippen molar-refractivity contribution >= 4 is 23.5 Å². The first kappa shape index (κ1) is 12.7. The molecule has 1 aliphatic heterocycles. The van der Waals surface area contributed by atoms with Gasteiger partial charge in [-0.2, -0.15) is 23.5 Å². The molecule has 1 heterocycles. The fraction of sp³-hybridized carbons (Fsp3) is 1.00. The van der Waals surface area contributed by atoms with Crippen LogP contribution in [0.5, 0.6) is 0 Å². The van der Waals surface area contributed by atoms with E-state index in [2.05, 4.69) is 39.5 Å². The normalized spacial score (nSPS) is 16.5. The van der Waals surface area contributed by atoms with E-state index < -0.39 is 0 Å². The van der Waals surface area contributed by atoms with Gasteiger partial charge in [-0.1, -0.05) is 27.7 Å². The first-order valence-corrected chi connectivity index (χ1v) is 6.96. The van der Waals surface area contributed by atoms with Crippen LogP contribution in [0.25, 0.3) is 0 Å². The van der Waals surface area contributed by atoms with E-state index in [0.717, 1.165) is 10.5 Å². The van der Waals surface area contributed by atoms with Crippen molar-refractivity contribution in [3.63, 3.8) is 0 Å². The summed E-state index contributed by atoms with van der Waals surface area (Å²) in [5, 5.41) is 1.58. The number of thioether (sulfide) groups is 2. The molecule has 0 aromatic carbocycles. The fourth-order valence-corrected chi connectivity index (χ4v) is 3.16. The quantitative estimate of drug-likeness (QED) is 0.668. The molecule has 0 spiro atoms. The molecule has 0 unspecified atom stereocenters. The molecule has 0 nitrogen and oxygen atoms in total. The summed E-state index contributed by atoms with van der Waals surface area (Å²) < 4.78 is 0. The molecule has 0 aromatic rings. The van der Waals surface area contributed by atoms with Crippen LogP contribution in [-0.4, -0.2) is 22.0 Å². The Morgan fingerprint density at radius 2 is 1.33 bits per heavy atom. The Balaban J connectivity index is 0.000000211. The summed E-state index contributed by atoms with van der Waals surface area (Å²) in [4.78, 5) is 0. The molecule has 1 fully saturated rings. The summed E-state index contributed by atoms with van der Waals surface area (Å²) in [6.45, 7) is 8.91. The van der Waals surface area contributed by atoms with Crippen molar-refractivity contribution in [3.8, 4) is 0 Å². The molecule has 74 valence electrons. The number of hydrogen-bond acceptors (Lipinski definition) is 2. The molecule has 0 N–H and O–H groups in total. The van der Waals surface area contributed by atoms with Crippen LogP contribution in [0.1, 0.15) is 40.5 Å². The lowest BCUT2D eigenvalue weighted by Gasteiger charge is -2.05. The highest BCUT2D eigenvalue weighted by Gasteiger charge is 1.96. The first-order valence-electron chi connectivity index (χ1n) is 4.86. The minimum absolute atomic E-state index is 0.792. The van der Waals surface area contributed by atoms with E-state index in [1.165, 1.54) is 24.3 Å². The van der Waals surface area contributed by atoms with Crippen molar-refractivity contribution in [2.75, 3.05) is 11.5 Å². The lowest BCUT2D eigenvalue weighted by molar-refractivity contribution is 0.949. The van der Waals surface area contributed by atoms with Crippen molar-refractivity contribution < 1.29 is 0 Å². The van der Waals surface area contributed by atoms with Crippen LogP contribution in [0.3, 0.4) is 0 Å². The Morgan fingerprint density at radius 1 is 0.917 bits per heavy atom. The molecule has 1 rings (SSSR count). The lowest BCUT2D eigenvalue weighted by Crippen LogP contribution is -1.94. The monoisotopic (exact) mass is 206 g/mol. The van der Waals surface area contributed by atoms with Gasteiger partial charge in [-0.3, -0.25) is 0 Å². The highest BCUT2D eigenvalue weighted by atomic mass is 32.2. The predicted molar refractivity (Wildman–Crippen MR) is 64.4 cm³/mol. The summed E-state index contributed by atoms with van der Waals surface area (Å²) in [5.74, 6) is 2.83. The van der Waals surface area contributed by atoms with E-state index >= 15 is 0 Å². The van der Waals surface area contributed by atoms with Crippen LogP contribution < -0.4 is 0 Å². The van der Waals surface area contributed by atoms with Gasteiger partial charge >= 0.3 is 0 Å². The summed E-state index contributed by atoms with van der Waals surface area (Å²) >= 11 is 4.08. The molecule has 0 amide bonds. The molecule has 0 aromatic heterocycles. The van der Waals surface area contributed by atoms with Gasteiger partial charge in [0.1, 0.15) is 0 Å². The van der Waals surface area contributed by atoms with E-state index in [0.29, 0.717) is 0 Å². The van der Waals surface area contributed by atoms with E-state index in [4.69, 9.17) is 0 Å². The average Bonchev–Trinajstić information content (AvgIpc) is 2.36. The van der Waals surface area contributed by atoms with Crippen molar-refractivity contribution in [1.29, 1.82) is 0 Å². The molecule has 0 bridgehead atoms. The lowest BCUT2D eigenvalue weighted by atomic mass is 10.4. The molecule has 2 heteroatoms. The van der Waals surface area contributed by atoms with Gasteiger partial charge in [-0.15, -0.1) is 0 Å². The summed E-state index contributed by atoms with van der Waals surface area (Å²) in [5.41, 5.74) is 0. The Labute approximate surface area is 86.3 Å². The van der Waals surface area contributed by atoms with Crippen LogP contribution in [0.4, 0.5) is 0 Å². The van der Waals surface area contributed by atoms with Crippen molar-refractivity contribution in [2.24, 2.45) is 0 Å². The minimum Gasteiger partial charge on any atom is -0.162 e. The van der Waals surface area contributed by atoms with Crippen LogP contribution in [-0.2, 0) is 0 Å². The molecule has 0 radical (unpaired) electrons. The largest absolute Gasteiger partial charge is 0.162 e. The van der Waals surface area contributed by atoms with Crippen molar-refractivity contribution in [2.45, 2.75) is 51.0 Å². The van der Waals surface area contributed by atoms with Crippen molar-refractivity contribution in [1.82, 2.24) is 0 Å². The van der Waals surface area contributed by atoms with Gasteiger partial charge in [0.25, 0.3) is 0 Å². The highest BCUT2D eigenvalue weighted by molar-refractivity contribution is 8.00. The maximum absolute atomic E-state index is 2.23. The molecular weight excluding hydrogens is 184 g/mol. The Hall–Kier alpha value is 0.700. The molecule has 0 saturated carbocycles. The second-order valence-electron chi connectivity index (χ2n) is 3.55. The maximum Gasteiger partial charge on any atom is -0.000711 e. The third kappa shape index (κ3) is 10.7. The molecule has 0 atom stereocenters. The summed E-state index contributed by atoms with van der Waals surface area (Å²) in [6.07, 6.45) is 2.93. The van der Waals surface area contributed by atoms with E-state index in [1.807, 2.05) is 11.8 Å². The second kappa shape index (κ2) is 8.31. The molecule has 1 saturated heterocycles. The third-order valence-corrected chi connectivity index (χ3v) is 3.62. The maximum atomic E-state index is 2.23.